The highest BCUT2D eigenvalue weighted by Crippen LogP contribution is 2.72. The van der Waals surface area contributed by atoms with Crippen molar-refractivity contribution in [3.8, 4) is 16.9 Å². The second-order valence-electron chi connectivity index (χ2n) is 30.7. The number of thiazole rings is 2. The standard InChI is InChI=1S/C77H101N13O7S2/c1-50-56-28-22-36-89(68(56)86-85-67(50)84-73-81-59-29-17-18-31-62(59)99-73)63-33-32-57(65(82-63)72(94)95)58-41-79-90(52(58)3)49-76-44-74(4)43-75(5,45-76)47-77(46-74,48-76)97-39-37-87(7)34-19-12-10-8-9-11-13-20-38-96-55-27-21-26-54(40-55)66(91)60-42-98-70(80-60)61-30-23-35-88(61)71(93)64(53-24-15-14-16-25-53)83-69(92)51(2)78-6/h17-18,21,26-27,29,31-33,40-42,51,53,61,64,78H,8-16,19-20,22-25,28,30,34-39,43-49H2,1-7H3,(H,83,92)(H,94,95)(H,81,84,85)/t51-,61-,64-,74?,75?,76?,77?/m0/s1. The molecule has 2 aliphatic heterocycles. The minimum absolute atomic E-state index is 0.00586. The van der Waals surface area contributed by atoms with Crippen LogP contribution in [0.4, 0.5) is 22.6 Å². The van der Waals surface area contributed by atoms with Gasteiger partial charge in [0.1, 0.15) is 28.3 Å². The molecule has 2 aromatic carbocycles. The summed E-state index contributed by atoms with van der Waals surface area (Å²) in [5.74, 6) is 1.23. The number of rotatable bonds is 31. The lowest BCUT2D eigenvalue weighted by molar-refractivity contribution is -0.248. The van der Waals surface area contributed by atoms with Crippen LogP contribution >= 0.6 is 22.7 Å². The quantitative estimate of drug-likeness (QED) is 0.0234. The Morgan fingerprint density at radius 3 is 2.32 bits per heavy atom. The number of pyridine rings is 1. The zero-order valence-corrected chi connectivity index (χ0v) is 60.8. The van der Waals surface area contributed by atoms with Crippen LogP contribution in [0.2, 0.25) is 0 Å². The third-order valence-electron chi connectivity index (χ3n) is 22.6. The van der Waals surface area contributed by atoms with Crippen LogP contribution in [0.5, 0.6) is 5.75 Å². The number of carboxylic acids is 1. The molecule has 7 aromatic rings. The Kier molecular flexibility index (Phi) is 21.4. The van der Waals surface area contributed by atoms with Gasteiger partial charge >= 0.3 is 5.97 Å². The average Bonchev–Trinajstić information content (AvgIpc) is 1.21. The Bertz CT molecular complexity index is 4000. The van der Waals surface area contributed by atoms with Crippen molar-refractivity contribution >= 4 is 79.0 Å². The summed E-state index contributed by atoms with van der Waals surface area (Å²) in [6.07, 6.45) is 26.2. The molecule has 4 bridgehead atoms. The van der Waals surface area contributed by atoms with E-state index in [1.807, 2.05) is 82.9 Å². The monoisotopic (exact) mass is 1380 g/mol. The third-order valence-corrected chi connectivity index (χ3v) is 24.5. The minimum Gasteiger partial charge on any atom is -0.494 e. The number of aromatic carboxylic acids is 1. The molecule has 7 aliphatic rings. The van der Waals surface area contributed by atoms with E-state index in [1.165, 1.54) is 56.3 Å². The van der Waals surface area contributed by atoms with Gasteiger partial charge in [0.2, 0.25) is 17.6 Å². The van der Waals surface area contributed by atoms with Gasteiger partial charge in [-0.25, -0.2) is 19.7 Å². The van der Waals surface area contributed by atoms with Crippen LogP contribution in [0.3, 0.4) is 0 Å². The van der Waals surface area contributed by atoms with Crippen LogP contribution in [0, 0.1) is 36.0 Å². The number of ether oxygens (including phenoxy) is 2. The lowest BCUT2D eigenvalue weighted by Crippen LogP contribution is -2.64. The zero-order chi connectivity index (χ0) is 69.1. The van der Waals surface area contributed by atoms with Gasteiger partial charge in [0, 0.05) is 65.1 Å². The number of unbranched alkanes of at least 4 members (excludes halogenated alkanes) is 7. The summed E-state index contributed by atoms with van der Waals surface area (Å²) in [6.45, 7) is 16.2. The first kappa shape index (κ1) is 70.2. The first-order valence-corrected chi connectivity index (χ1v) is 38.4. The molecule has 99 heavy (non-hydrogen) atoms. The normalized spacial score (nSPS) is 23.4. The number of nitrogens with zero attached hydrogens (tertiary/aromatic N) is 10. The molecule has 20 nitrogen and oxygen atoms in total. The number of nitrogens with one attached hydrogen (secondary N) is 3. The van der Waals surface area contributed by atoms with Gasteiger partial charge in [0.05, 0.1) is 47.3 Å². The molecule has 528 valence electrons. The number of likely N-dealkylation sites (tertiary alicyclic amines) is 1. The second kappa shape index (κ2) is 30.1. The molecule has 0 radical (unpaired) electrons. The number of ketones is 1. The maximum absolute atomic E-state index is 14.3. The van der Waals surface area contributed by atoms with E-state index in [9.17, 15) is 24.3 Å². The van der Waals surface area contributed by atoms with Crippen molar-refractivity contribution in [3.63, 3.8) is 0 Å². The van der Waals surface area contributed by atoms with Crippen molar-refractivity contribution in [1.82, 2.24) is 55.4 Å². The van der Waals surface area contributed by atoms with Gasteiger partial charge in [-0.15, -0.1) is 21.5 Å². The number of carboxylic acid groups (broad SMARTS) is 1. The zero-order valence-electron chi connectivity index (χ0n) is 59.1. The van der Waals surface area contributed by atoms with E-state index in [0.29, 0.717) is 59.7 Å². The van der Waals surface area contributed by atoms with Crippen molar-refractivity contribution in [3.05, 3.63) is 111 Å². The number of likely N-dealkylation sites (N-methyl/N-ethyl adjacent to an activating group) is 2. The summed E-state index contributed by atoms with van der Waals surface area (Å²) in [6, 6.07) is 18.1. The lowest BCUT2D eigenvalue weighted by atomic mass is 9.39. The molecule has 2 unspecified atom stereocenters. The van der Waals surface area contributed by atoms with Gasteiger partial charge in [0.25, 0.3) is 0 Å². The smallest absolute Gasteiger partial charge is 0.355 e. The summed E-state index contributed by atoms with van der Waals surface area (Å²) in [4.78, 5) is 75.1. The Labute approximate surface area is 591 Å². The van der Waals surface area contributed by atoms with Crippen molar-refractivity contribution < 1.29 is 33.8 Å². The summed E-state index contributed by atoms with van der Waals surface area (Å²) in [7, 11) is 3.99. The molecule has 4 N–H and O–H groups in total. The van der Waals surface area contributed by atoms with Gasteiger partial charge in [-0.05, 0) is 190 Å². The fraction of sp³-hybridized carbons (Fsp3) is 0.584. The Morgan fingerprint density at radius 1 is 0.788 bits per heavy atom. The molecule has 5 aliphatic carbocycles. The van der Waals surface area contributed by atoms with Gasteiger partial charge < -0.3 is 45.2 Å². The molecule has 7 heterocycles. The van der Waals surface area contributed by atoms with Crippen LogP contribution in [-0.2, 0) is 27.3 Å². The Balaban J connectivity index is 0.531. The summed E-state index contributed by atoms with van der Waals surface area (Å²) in [5.41, 5.74) is 6.37. The van der Waals surface area contributed by atoms with E-state index >= 15 is 0 Å². The van der Waals surface area contributed by atoms with Crippen molar-refractivity contribution in [2.75, 3.05) is 63.7 Å². The number of anilines is 4. The number of fused-ring (bicyclic) bond motifs is 2. The number of carbonyl (C=O) groups excluding carboxylic acids is 3. The van der Waals surface area contributed by atoms with Crippen LogP contribution in [-0.4, -0.2) is 145 Å². The summed E-state index contributed by atoms with van der Waals surface area (Å²) < 4.78 is 16.6. The molecule has 22 heteroatoms. The molecule has 0 spiro atoms. The fourth-order valence-corrected chi connectivity index (χ4v) is 20.5. The highest BCUT2D eigenvalue weighted by molar-refractivity contribution is 7.22. The van der Waals surface area contributed by atoms with E-state index in [1.54, 1.807) is 18.4 Å². The first-order valence-electron chi connectivity index (χ1n) is 36.7. The van der Waals surface area contributed by atoms with Crippen molar-refractivity contribution in [1.29, 1.82) is 0 Å². The number of para-hydroxylation sites is 1. The molecular weight excluding hydrogens is 1280 g/mol. The van der Waals surface area contributed by atoms with E-state index in [-0.39, 0.29) is 57.1 Å². The SMILES string of the molecule is CN[C@@H](C)C(=O)N[C@H](C(=O)N1CCC[C@H]1c1nc(C(=O)c2cccc(OCCCCCCCCCCN(C)CCOC34CC5(C)CC(C)(CC(Cn6ncc(-c7ccc(N8CCCc9c8nnc(Nc8nc%10ccccc%10s8)c9C)nc7C(=O)O)c6C)(C5)C3)C4)c2)cs1)C1CCCCC1. The molecule has 5 saturated carbocycles. The van der Waals surface area contributed by atoms with E-state index in [4.69, 9.17) is 34.6 Å². The van der Waals surface area contributed by atoms with Crippen LogP contribution in [0.25, 0.3) is 21.3 Å². The number of benzene rings is 2. The largest absolute Gasteiger partial charge is 0.494 e. The number of carbonyl (C=O) groups is 4. The van der Waals surface area contributed by atoms with E-state index < -0.39 is 18.1 Å². The average molecular weight is 1380 g/mol. The number of hydrogen-bond donors (Lipinski definition) is 4. The van der Waals surface area contributed by atoms with Crippen LogP contribution < -0.4 is 25.6 Å². The molecule has 14 rings (SSSR count). The first-order chi connectivity index (χ1) is 47.8. The van der Waals surface area contributed by atoms with Crippen molar-refractivity contribution in [2.24, 2.45) is 22.2 Å². The fourth-order valence-electron chi connectivity index (χ4n) is 18.7. The number of hydrogen-bond acceptors (Lipinski definition) is 18. The predicted molar refractivity (Wildman–Crippen MR) is 390 cm³/mol. The van der Waals surface area contributed by atoms with Gasteiger partial charge in [-0.1, -0.05) is 107 Å². The highest BCUT2D eigenvalue weighted by Gasteiger charge is 2.66. The summed E-state index contributed by atoms with van der Waals surface area (Å²) >= 11 is 3.01. The maximum Gasteiger partial charge on any atom is 0.355 e. The second-order valence-corrected chi connectivity index (χ2v) is 32.6. The van der Waals surface area contributed by atoms with E-state index in [2.05, 4.69) is 71.4 Å². The summed E-state index contributed by atoms with van der Waals surface area (Å²) in [5, 5.41) is 38.0. The number of aromatic nitrogens is 7. The molecule has 6 fully saturated rings. The van der Waals surface area contributed by atoms with Gasteiger partial charge in [0.15, 0.2) is 22.5 Å². The predicted octanol–water partition coefficient (Wildman–Crippen LogP) is 14.8. The molecule has 1 saturated heterocycles. The van der Waals surface area contributed by atoms with Crippen LogP contribution in [0.15, 0.2) is 72.2 Å². The molecule has 5 atom stereocenters. The molecule has 5 aromatic heterocycles. The maximum atomic E-state index is 14.3. The lowest BCUT2D eigenvalue weighted by Gasteiger charge is -2.69. The Morgan fingerprint density at radius 2 is 1.56 bits per heavy atom. The third kappa shape index (κ3) is 15.6. The minimum atomic E-state index is -1.09. The Hall–Kier alpha value is -7.24. The van der Waals surface area contributed by atoms with Crippen LogP contribution in [0.1, 0.15) is 216 Å². The molecular formula is C77H101N13O7S2. The molecule has 2 amide bonds. The van der Waals surface area contributed by atoms with Gasteiger partial charge in [-0.2, -0.15) is 5.10 Å². The topological polar surface area (TPSA) is 235 Å². The van der Waals surface area contributed by atoms with Crippen molar-refractivity contribution in [2.45, 2.75) is 213 Å². The van der Waals surface area contributed by atoms with Gasteiger partial charge in [-0.3, -0.25) is 19.1 Å². The van der Waals surface area contributed by atoms with E-state index in [0.717, 1.165) is 172 Å². The number of amides is 2. The highest BCUT2D eigenvalue weighted by atomic mass is 32.1.